The third kappa shape index (κ3) is 4.60. The van der Waals surface area contributed by atoms with Gasteiger partial charge in [0.1, 0.15) is 5.69 Å². The number of benzene rings is 1. The number of hydrogen-bond donors (Lipinski definition) is 3. The number of carbonyl (C=O) groups excluding carboxylic acids is 1. The van der Waals surface area contributed by atoms with Gasteiger partial charge < -0.3 is 10.3 Å². The second kappa shape index (κ2) is 8.66. The van der Waals surface area contributed by atoms with Crippen molar-refractivity contribution in [3.05, 3.63) is 62.6 Å². The second-order valence-corrected chi connectivity index (χ2v) is 7.92. The van der Waals surface area contributed by atoms with Crippen LogP contribution >= 0.6 is 11.8 Å². The summed E-state index contributed by atoms with van der Waals surface area (Å²) >= 11 is 1.04. The molecule has 2 heterocycles. The zero-order valence-corrected chi connectivity index (χ0v) is 17.6. The molecule has 1 aliphatic rings. The van der Waals surface area contributed by atoms with Gasteiger partial charge in [-0.05, 0) is 38.8 Å². The number of rotatable bonds is 7. The molecule has 0 unspecified atom stereocenters. The fraction of sp³-hybridized carbons (Fsp3) is 0.368. The monoisotopic (exact) mass is 416 g/mol. The van der Waals surface area contributed by atoms with E-state index in [9.17, 15) is 14.9 Å². The molecule has 0 spiro atoms. The lowest BCUT2D eigenvalue weighted by Crippen LogP contribution is -2.37. The van der Waals surface area contributed by atoms with E-state index >= 15 is 0 Å². The standard InChI is InChI=1S/C19H24N6O3S/c1-11-7-5-6-8-15(11)9-24-14(4)17(12(2)23-24)20-16(26)10-29-19-18(25(27)28)13(3)21-22-19/h5-8,12,23H,9-10H2,1-4H3,(H,20,26)(H,21,22)/t12-/m1/s1. The topological polar surface area (TPSA) is 116 Å². The number of aromatic amines is 1. The van der Waals surface area contributed by atoms with Gasteiger partial charge >= 0.3 is 5.69 Å². The quantitative estimate of drug-likeness (QED) is 0.361. The predicted molar refractivity (Wildman–Crippen MR) is 111 cm³/mol. The summed E-state index contributed by atoms with van der Waals surface area (Å²) in [4.78, 5) is 23.1. The van der Waals surface area contributed by atoms with Crippen LogP contribution in [0.5, 0.6) is 0 Å². The van der Waals surface area contributed by atoms with Gasteiger partial charge in [-0.25, -0.2) is 5.43 Å². The number of amides is 1. The average Bonchev–Trinajstić information content (AvgIpc) is 3.16. The first-order valence-corrected chi connectivity index (χ1v) is 10.2. The van der Waals surface area contributed by atoms with Gasteiger partial charge in [0, 0.05) is 5.70 Å². The Labute approximate surface area is 173 Å². The zero-order valence-electron chi connectivity index (χ0n) is 16.8. The van der Waals surface area contributed by atoms with E-state index in [4.69, 9.17) is 0 Å². The van der Waals surface area contributed by atoms with Crippen LogP contribution in [0.1, 0.15) is 30.7 Å². The molecule has 0 saturated heterocycles. The molecule has 9 nitrogen and oxygen atoms in total. The van der Waals surface area contributed by atoms with Crippen molar-refractivity contribution in [2.75, 3.05) is 5.75 Å². The number of nitro groups is 1. The van der Waals surface area contributed by atoms with E-state index in [2.05, 4.69) is 40.0 Å². The molecule has 1 aromatic carbocycles. The minimum atomic E-state index is -0.488. The molecule has 1 amide bonds. The number of hydrazine groups is 1. The van der Waals surface area contributed by atoms with Crippen LogP contribution in [0.15, 0.2) is 40.7 Å². The van der Waals surface area contributed by atoms with Crippen molar-refractivity contribution in [2.45, 2.75) is 45.3 Å². The van der Waals surface area contributed by atoms with E-state index in [1.165, 1.54) is 11.1 Å². The number of nitrogens with one attached hydrogen (secondary N) is 3. The van der Waals surface area contributed by atoms with Crippen LogP contribution in [0, 0.1) is 24.0 Å². The Hall–Kier alpha value is -2.85. The van der Waals surface area contributed by atoms with Gasteiger partial charge in [-0.2, -0.15) is 5.10 Å². The number of carbonyl (C=O) groups is 1. The molecule has 0 aliphatic carbocycles. The molecule has 154 valence electrons. The molecule has 1 aliphatic heterocycles. The van der Waals surface area contributed by atoms with E-state index in [-0.39, 0.29) is 28.4 Å². The Balaban J connectivity index is 1.64. The Morgan fingerprint density at radius 2 is 2.07 bits per heavy atom. The molecular formula is C19H24N6O3S. The Morgan fingerprint density at radius 1 is 1.34 bits per heavy atom. The highest BCUT2D eigenvalue weighted by molar-refractivity contribution is 8.00. The summed E-state index contributed by atoms with van der Waals surface area (Å²) in [5, 5.41) is 22.8. The molecule has 3 N–H and O–H groups in total. The second-order valence-electron chi connectivity index (χ2n) is 6.96. The summed E-state index contributed by atoms with van der Waals surface area (Å²) in [5.74, 6) is -0.197. The number of hydrogen-bond acceptors (Lipinski definition) is 7. The highest BCUT2D eigenvalue weighted by Crippen LogP contribution is 2.29. The van der Waals surface area contributed by atoms with E-state index in [1.807, 2.05) is 31.0 Å². The van der Waals surface area contributed by atoms with Crippen LogP contribution in [-0.2, 0) is 11.3 Å². The van der Waals surface area contributed by atoms with Gasteiger partial charge in [0.05, 0.1) is 29.0 Å². The molecule has 2 aromatic rings. The SMILES string of the molecule is CC1=C(NC(=O)CSc2n[nH]c(C)c2[N+](=O)[O-])[C@@H](C)NN1Cc1ccccc1C. The van der Waals surface area contributed by atoms with Crippen LogP contribution in [0.2, 0.25) is 0 Å². The largest absolute Gasteiger partial charge is 0.326 e. The van der Waals surface area contributed by atoms with E-state index < -0.39 is 4.92 Å². The normalized spacial score (nSPS) is 16.4. The Morgan fingerprint density at radius 3 is 2.76 bits per heavy atom. The Kier molecular flexibility index (Phi) is 6.23. The molecule has 0 bridgehead atoms. The third-order valence-electron chi connectivity index (χ3n) is 4.85. The lowest BCUT2D eigenvalue weighted by atomic mass is 10.1. The van der Waals surface area contributed by atoms with Crippen LogP contribution < -0.4 is 10.7 Å². The molecule has 1 aromatic heterocycles. The zero-order chi connectivity index (χ0) is 21.1. The lowest BCUT2D eigenvalue weighted by molar-refractivity contribution is -0.388. The molecule has 0 fully saturated rings. The van der Waals surface area contributed by atoms with Crippen molar-refractivity contribution >= 4 is 23.4 Å². The number of aryl methyl sites for hydroxylation is 2. The molecule has 29 heavy (non-hydrogen) atoms. The lowest BCUT2D eigenvalue weighted by Gasteiger charge is -2.22. The molecule has 10 heteroatoms. The Bertz CT molecular complexity index is 971. The molecule has 1 atom stereocenters. The summed E-state index contributed by atoms with van der Waals surface area (Å²) in [5.41, 5.74) is 7.81. The maximum atomic E-state index is 12.5. The highest BCUT2D eigenvalue weighted by Gasteiger charge is 2.28. The molecule has 0 radical (unpaired) electrons. The van der Waals surface area contributed by atoms with Gasteiger partial charge in [0.25, 0.3) is 0 Å². The summed E-state index contributed by atoms with van der Waals surface area (Å²) in [6, 6.07) is 8.13. The van der Waals surface area contributed by atoms with Crippen LogP contribution in [-0.4, -0.2) is 37.8 Å². The molecule has 3 rings (SSSR count). The van der Waals surface area contributed by atoms with Crippen molar-refractivity contribution in [1.29, 1.82) is 0 Å². The molecular weight excluding hydrogens is 392 g/mol. The summed E-state index contributed by atoms with van der Waals surface area (Å²) < 4.78 is 0. The number of H-pyrrole nitrogens is 1. The van der Waals surface area contributed by atoms with Gasteiger partial charge in [0.15, 0.2) is 5.03 Å². The van der Waals surface area contributed by atoms with Crippen molar-refractivity contribution in [3.8, 4) is 0 Å². The van der Waals surface area contributed by atoms with Gasteiger partial charge in [0.2, 0.25) is 5.91 Å². The maximum absolute atomic E-state index is 12.5. The number of aromatic nitrogens is 2. The first kappa shape index (κ1) is 20.9. The van der Waals surface area contributed by atoms with Crippen LogP contribution in [0.25, 0.3) is 0 Å². The smallest absolute Gasteiger partial charge is 0.323 e. The number of allylic oxidation sites excluding steroid dienone is 1. The minimum Gasteiger partial charge on any atom is -0.326 e. The predicted octanol–water partition coefficient (Wildman–Crippen LogP) is 2.78. The first-order chi connectivity index (χ1) is 13.8. The van der Waals surface area contributed by atoms with Crippen molar-refractivity contribution in [3.63, 3.8) is 0 Å². The van der Waals surface area contributed by atoms with E-state index in [1.54, 1.807) is 6.92 Å². The summed E-state index contributed by atoms with van der Waals surface area (Å²) in [7, 11) is 0. The maximum Gasteiger partial charge on any atom is 0.323 e. The van der Waals surface area contributed by atoms with Gasteiger partial charge in [-0.15, -0.1) is 0 Å². The third-order valence-corrected chi connectivity index (χ3v) is 5.81. The van der Waals surface area contributed by atoms with Gasteiger partial charge in [-0.3, -0.25) is 20.0 Å². The fourth-order valence-electron chi connectivity index (χ4n) is 3.21. The number of thioether (sulfide) groups is 1. The van der Waals surface area contributed by atoms with Crippen LogP contribution in [0.3, 0.4) is 0 Å². The average molecular weight is 417 g/mol. The first-order valence-electron chi connectivity index (χ1n) is 9.19. The van der Waals surface area contributed by atoms with Crippen LogP contribution in [0.4, 0.5) is 5.69 Å². The van der Waals surface area contributed by atoms with Crippen molar-refractivity contribution in [1.82, 2.24) is 25.9 Å². The fourth-order valence-corrected chi connectivity index (χ4v) is 4.03. The van der Waals surface area contributed by atoms with Crippen molar-refractivity contribution in [2.24, 2.45) is 0 Å². The van der Waals surface area contributed by atoms with Gasteiger partial charge in [-0.1, -0.05) is 36.0 Å². The summed E-state index contributed by atoms with van der Waals surface area (Å²) in [6.45, 7) is 8.28. The minimum absolute atomic E-state index is 0.0342. The highest BCUT2D eigenvalue weighted by atomic mass is 32.2. The summed E-state index contributed by atoms with van der Waals surface area (Å²) in [6.07, 6.45) is 0. The van der Waals surface area contributed by atoms with E-state index in [0.717, 1.165) is 23.2 Å². The molecule has 0 saturated carbocycles. The van der Waals surface area contributed by atoms with Crippen molar-refractivity contribution < 1.29 is 9.72 Å². The number of nitrogens with zero attached hydrogens (tertiary/aromatic N) is 3. The van der Waals surface area contributed by atoms with E-state index in [0.29, 0.717) is 12.2 Å².